The molecule has 0 saturated heterocycles. The highest BCUT2D eigenvalue weighted by molar-refractivity contribution is 5.74. The fourth-order valence-corrected chi connectivity index (χ4v) is 1.30. The van der Waals surface area contributed by atoms with Crippen molar-refractivity contribution >= 4 is 6.03 Å². The summed E-state index contributed by atoms with van der Waals surface area (Å²) >= 11 is 0. The van der Waals surface area contributed by atoms with Crippen LogP contribution in [0.1, 0.15) is 48.0 Å². The van der Waals surface area contributed by atoms with E-state index < -0.39 is 5.60 Å². The Labute approximate surface area is 105 Å². The molecular weight excluding hydrogens is 216 g/mol. The Balaban J connectivity index is 4.07. The summed E-state index contributed by atoms with van der Waals surface area (Å²) in [7, 11) is 0. The monoisotopic (exact) mass is 244 g/mol. The van der Waals surface area contributed by atoms with Crippen LogP contribution in [0, 0.1) is 11.8 Å². The van der Waals surface area contributed by atoms with Crippen LogP contribution in [-0.4, -0.2) is 29.3 Å². The Morgan fingerprint density at radius 2 is 1.82 bits per heavy atom. The molecule has 102 valence electrons. The first kappa shape index (κ1) is 16.2. The average Bonchev–Trinajstić information content (AvgIpc) is 2.25. The van der Waals surface area contributed by atoms with Crippen LogP contribution >= 0.6 is 0 Å². The van der Waals surface area contributed by atoms with Gasteiger partial charge in [-0.3, -0.25) is 0 Å². The molecule has 0 aromatic heterocycles. The molecule has 0 fully saturated rings. The number of urea groups is 1. The van der Waals surface area contributed by atoms with Crippen molar-refractivity contribution in [2.45, 2.75) is 59.6 Å². The lowest BCUT2D eigenvalue weighted by molar-refractivity contribution is 0.00782. The van der Waals surface area contributed by atoms with Crippen molar-refractivity contribution in [3.63, 3.8) is 0 Å². The fourth-order valence-electron chi connectivity index (χ4n) is 1.30. The van der Waals surface area contributed by atoms with Crippen molar-refractivity contribution in [2.24, 2.45) is 11.8 Å². The summed E-state index contributed by atoms with van der Waals surface area (Å²) in [5.41, 5.74) is -0.854. The third-order valence-electron chi connectivity index (χ3n) is 3.64. The summed E-state index contributed by atoms with van der Waals surface area (Å²) in [5, 5.41) is 15.7. The van der Waals surface area contributed by atoms with Gasteiger partial charge in [0.15, 0.2) is 0 Å². The standard InChI is InChI=1S/C13H28N2O2/c1-7-10(4)13(6,17)8-14-12(16)15-11(5)9(2)3/h9-11,17H,7-8H2,1-6H3,(H2,14,15,16). The van der Waals surface area contributed by atoms with Gasteiger partial charge in [0, 0.05) is 12.6 Å². The van der Waals surface area contributed by atoms with Crippen LogP contribution in [0.15, 0.2) is 0 Å². The molecule has 0 rings (SSSR count). The fraction of sp³-hybridized carbons (Fsp3) is 0.923. The second-order valence-electron chi connectivity index (χ2n) is 5.53. The van der Waals surface area contributed by atoms with Crippen molar-refractivity contribution in [3.8, 4) is 0 Å². The maximum absolute atomic E-state index is 11.6. The Morgan fingerprint density at radius 1 is 1.29 bits per heavy atom. The number of amides is 2. The van der Waals surface area contributed by atoms with Gasteiger partial charge < -0.3 is 15.7 Å². The summed E-state index contributed by atoms with van der Waals surface area (Å²) in [6.45, 7) is 12.1. The van der Waals surface area contributed by atoms with Gasteiger partial charge in [-0.2, -0.15) is 0 Å². The summed E-state index contributed by atoms with van der Waals surface area (Å²) in [6.07, 6.45) is 0.888. The molecule has 0 aliphatic heterocycles. The molecule has 0 saturated carbocycles. The molecule has 0 bridgehead atoms. The van der Waals surface area contributed by atoms with Gasteiger partial charge in [-0.25, -0.2) is 4.79 Å². The molecule has 4 heteroatoms. The van der Waals surface area contributed by atoms with Gasteiger partial charge in [-0.15, -0.1) is 0 Å². The maximum atomic E-state index is 11.6. The smallest absolute Gasteiger partial charge is 0.315 e. The van der Waals surface area contributed by atoms with E-state index in [1.54, 1.807) is 6.92 Å². The minimum absolute atomic E-state index is 0.128. The van der Waals surface area contributed by atoms with Crippen LogP contribution in [0.5, 0.6) is 0 Å². The SMILES string of the molecule is CCC(C)C(C)(O)CNC(=O)NC(C)C(C)C. The predicted molar refractivity (Wildman–Crippen MR) is 70.9 cm³/mol. The van der Waals surface area contributed by atoms with Gasteiger partial charge in [0.2, 0.25) is 0 Å². The van der Waals surface area contributed by atoms with Crippen LogP contribution < -0.4 is 10.6 Å². The second-order valence-corrected chi connectivity index (χ2v) is 5.53. The molecule has 0 aromatic rings. The minimum atomic E-state index is -0.854. The Morgan fingerprint density at radius 3 is 2.24 bits per heavy atom. The number of hydrogen-bond acceptors (Lipinski definition) is 2. The summed E-state index contributed by atoms with van der Waals surface area (Å²) in [4.78, 5) is 11.6. The molecule has 4 nitrogen and oxygen atoms in total. The van der Waals surface area contributed by atoms with Crippen LogP contribution in [-0.2, 0) is 0 Å². The molecule has 0 aromatic carbocycles. The number of rotatable bonds is 6. The third-order valence-corrected chi connectivity index (χ3v) is 3.64. The molecule has 17 heavy (non-hydrogen) atoms. The number of carbonyl (C=O) groups excluding carboxylic acids is 1. The van der Waals surface area contributed by atoms with Gasteiger partial charge in [0.25, 0.3) is 0 Å². The summed E-state index contributed by atoms with van der Waals surface area (Å²) in [6, 6.07) is -0.0849. The quantitative estimate of drug-likeness (QED) is 0.670. The van der Waals surface area contributed by atoms with Crippen LogP contribution in [0.3, 0.4) is 0 Å². The zero-order valence-corrected chi connectivity index (χ0v) is 12.0. The van der Waals surface area contributed by atoms with E-state index in [0.29, 0.717) is 5.92 Å². The molecule has 0 heterocycles. The predicted octanol–water partition coefficient (Wildman–Crippen LogP) is 2.13. The molecule has 0 spiro atoms. The van der Waals surface area contributed by atoms with E-state index in [4.69, 9.17) is 0 Å². The van der Waals surface area contributed by atoms with Gasteiger partial charge in [-0.1, -0.05) is 34.1 Å². The van der Waals surface area contributed by atoms with Gasteiger partial charge >= 0.3 is 6.03 Å². The van der Waals surface area contributed by atoms with Crippen molar-refractivity contribution in [1.29, 1.82) is 0 Å². The van der Waals surface area contributed by atoms with E-state index in [1.165, 1.54) is 0 Å². The largest absolute Gasteiger partial charge is 0.388 e. The summed E-state index contributed by atoms with van der Waals surface area (Å²) < 4.78 is 0. The van der Waals surface area contributed by atoms with Crippen molar-refractivity contribution < 1.29 is 9.90 Å². The van der Waals surface area contributed by atoms with Gasteiger partial charge in [0.05, 0.1) is 5.60 Å². The topological polar surface area (TPSA) is 61.4 Å². The lowest BCUT2D eigenvalue weighted by Crippen LogP contribution is -2.50. The van der Waals surface area contributed by atoms with Gasteiger partial charge in [0.1, 0.15) is 0 Å². The molecule has 0 radical (unpaired) electrons. The van der Waals surface area contributed by atoms with Crippen molar-refractivity contribution in [2.75, 3.05) is 6.54 Å². The van der Waals surface area contributed by atoms with Crippen molar-refractivity contribution in [1.82, 2.24) is 10.6 Å². The normalized spacial score (nSPS) is 18.4. The molecule has 3 N–H and O–H groups in total. The maximum Gasteiger partial charge on any atom is 0.315 e. The Bertz CT molecular complexity index is 240. The van der Waals surface area contributed by atoms with E-state index in [-0.39, 0.29) is 24.5 Å². The Kier molecular flexibility index (Phi) is 6.53. The van der Waals surface area contributed by atoms with E-state index in [1.807, 2.05) is 20.8 Å². The minimum Gasteiger partial charge on any atom is -0.388 e. The highest BCUT2D eigenvalue weighted by atomic mass is 16.3. The first-order chi connectivity index (χ1) is 7.70. The number of aliphatic hydroxyl groups is 1. The average molecular weight is 244 g/mol. The van der Waals surface area contributed by atoms with Crippen molar-refractivity contribution in [3.05, 3.63) is 0 Å². The highest BCUT2D eigenvalue weighted by Crippen LogP contribution is 2.18. The molecule has 0 aliphatic carbocycles. The molecule has 3 unspecified atom stereocenters. The lowest BCUT2D eigenvalue weighted by Gasteiger charge is -2.30. The van der Waals surface area contributed by atoms with E-state index >= 15 is 0 Å². The molecule has 2 amide bonds. The van der Waals surface area contributed by atoms with E-state index in [0.717, 1.165) is 6.42 Å². The van der Waals surface area contributed by atoms with Crippen LogP contribution in [0.25, 0.3) is 0 Å². The zero-order chi connectivity index (χ0) is 13.6. The number of hydrogen-bond donors (Lipinski definition) is 3. The van der Waals surface area contributed by atoms with E-state index in [2.05, 4.69) is 24.5 Å². The number of carbonyl (C=O) groups is 1. The lowest BCUT2D eigenvalue weighted by atomic mass is 9.89. The highest BCUT2D eigenvalue weighted by Gasteiger charge is 2.27. The number of nitrogens with one attached hydrogen (secondary N) is 2. The molecular formula is C13H28N2O2. The third kappa shape index (κ3) is 5.91. The zero-order valence-electron chi connectivity index (χ0n) is 12.0. The van der Waals surface area contributed by atoms with Crippen LogP contribution in [0.2, 0.25) is 0 Å². The second kappa shape index (κ2) is 6.84. The van der Waals surface area contributed by atoms with E-state index in [9.17, 15) is 9.90 Å². The summed E-state index contributed by atoms with van der Waals surface area (Å²) in [5.74, 6) is 0.557. The molecule has 0 aliphatic rings. The Hall–Kier alpha value is -0.770. The van der Waals surface area contributed by atoms with Gasteiger partial charge in [-0.05, 0) is 25.7 Å². The first-order valence-corrected chi connectivity index (χ1v) is 6.47. The van der Waals surface area contributed by atoms with Crippen LogP contribution in [0.4, 0.5) is 4.79 Å². The molecule has 3 atom stereocenters. The first-order valence-electron chi connectivity index (χ1n) is 6.47.